The Morgan fingerprint density at radius 3 is 2.17 bits per heavy atom. The molecule has 0 saturated carbocycles. The molecule has 0 spiro atoms. The summed E-state index contributed by atoms with van der Waals surface area (Å²) in [6.45, 7) is 4.55. The molecule has 0 aliphatic carbocycles. The van der Waals surface area contributed by atoms with E-state index < -0.39 is 0 Å². The summed E-state index contributed by atoms with van der Waals surface area (Å²) in [6, 6.07) is 0. The minimum Gasteiger partial charge on any atom is -0.0925 e. The van der Waals surface area contributed by atoms with Crippen LogP contribution in [0.3, 0.4) is 0 Å². The molecule has 1 heteroatoms. The standard InChI is InChI=1S/C11H23Br/c1-3-5-6-7-9-11(10-12)8-4-2/h11H,3-10H2,1-2H3. The van der Waals surface area contributed by atoms with Crippen molar-refractivity contribution in [3.05, 3.63) is 0 Å². The van der Waals surface area contributed by atoms with Crippen LogP contribution in [0.25, 0.3) is 0 Å². The highest BCUT2D eigenvalue weighted by molar-refractivity contribution is 9.09. The first kappa shape index (κ1) is 12.5. The number of hydrogen-bond acceptors (Lipinski definition) is 0. The Balaban J connectivity index is 3.19. The lowest BCUT2D eigenvalue weighted by molar-refractivity contribution is 0.464. The van der Waals surface area contributed by atoms with Gasteiger partial charge in [0, 0.05) is 5.33 Å². The molecular formula is C11H23Br. The van der Waals surface area contributed by atoms with Crippen LogP contribution in [0.1, 0.15) is 58.8 Å². The first-order chi connectivity index (χ1) is 5.85. The van der Waals surface area contributed by atoms with Crippen LogP contribution < -0.4 is 0 Å². The fourth-order valence-electron chi connectivity index (χ4n) is 1.57. The molecule has 0 aliphatic rings. The Hall–Kier alpha value is 0.480. The van der Waals surface area contributed by atoms with Crippen LogP contribution in [0.2, 0.25) is 0 Å². The molecule has 0 heterocycles. The molecule has 0 aliphatic heterocycles. The molecule has 0 saturated heterocycles. The van der Waals surface area contributed by atoms with E-state index in [1.807, 2.05) is 0 Å². The topological polar surface area (TPSA) is 0 Å². The Morgan fingerprint density at radius 1 is 0.917 bits per heavy atom. The van der Waals surface area contributed by atoms with Gasteiger partial charge in [0.05, 0.1) is 0 Å². The summed E-state index contributed by atoms with van der Waals surface area (Å²) in [7, 11) is 0. The van der Waals surface area contributed by atoms with E-state index >= 15 is 0 Å². The summed E-state index contributed by atoms with van der Waals surface area (Å²) in [4.78, 5) is 0. The Labute approximate surface area is 86.3 Å². The van der Waals surface area contributed by atoms with E-state index in [4.69, 9.17) is 0 Å². The smallest absolute Gasteiger partial charge is 0.00596 e. The van der Waals surface area contributed by atoms with Crippen molar-refractivity contribution in [1.29, 1.82) is 0 Å². The molecule has 1 unspecified atom stereocenters. The van der Waals surface area contributed by atoms with Crippen molar-refractivity contribution in [2.45, 2.75) is 58.8 Å². The quantitative estimate of drug-likeness (QED) is 0.420. The van der Waals surface area contributed by atoms with E-state index in [0.29, 0.717) is 0 Å². The third-order valence-corrected chi connectivity index (χ3v) is 3.30. The highest BCUT2D eigenvalue weighted by atomic mass is 79.9. The van der Waals surface area contributed by atoms with Crippen LogP contribution in [0.4, 0.5) is 0 Å². The SMILES string of the molecule is CCCCCCC(CBr)CCC. The molecule has 0 N–H and O–H groups in total. The number of halogens is 1. The molecule has 74 valence electrons. The van der Waals surface area contributed by atoms with Gasteiger partial charge in [-0.25, -0.2) is 0 Å². The Morgan fingerprint density at radius 2 is 1.67 bits per heavy atom. The van der Waals surface area contributed by atoms with E-state index in [1.165, 1.54) is 50.3 Å². The molecule has 12 heavy (non-hydrogen) atoms. The zero-order chi connectivity index (χ0) is 9.23. The number of alkyl halides is 1. The number of hydrogen-bond donors (Lipinski definition) is 0. The van der Waals surface area contributed by atoms with Crippen LogP contribution >= 0.6 is 15.9 Å². The fourth-order valence-corrected chi connectivity index (χ4v) is 2.21. The minimum atomic E-state index is 0.937. The van der Waals surface area contributed by atoms with Gasteiger partial charge in [0.25, 0.3) is 0 Å². The van der Waals surface area contributed by atoms with E-state index in [0.717, 1.165) is 5.92 Å². The summed E-state index contributed by atoms with van der Waals surface area (Å²) in [5, 5.41) is 1.20. The van der Waals surface area contributed by atoms with Crippen LogP contribution in [0, 0.1) is 5.92 Å². The molecule has 0 fully saturated rings. The maximum Gasteiger partial charge on any atom is 0.00596 e. The first-order valence-electron chi connectivity index (χ1n) is 5.41. The second-order valence-electron chi connectivity index (χ2n) is 3.66. The monoisotopic (exact) mass is 234 g/mol. The summed E-state index contributed by atoms with van der Waals surface area (Å²) < 4.78 is 0. The highest BCUT2D eigenvalue weighted by Gasteiger charge is 2.04. The van der Waals surface area contributed by atoms with E-state index in [2.05, 4.69) is 29.8 Å². The van der Waals surface area contributed by atoms with Crippen LogP contribution in [-0.2, 0) is 0 Å². The molecule has 0 bridgehead atoms. The van der Waals surface area contributed by atoms with Gasteiger partial charge in [-0.2, -0.15) is 0 Å². The molecule has 0 amide bonds. The normalized spacial score (nSPS) is 13.2. The van der Waals surface area contributed by atoms with Crippen molar-refractivity contribution < 1.29 is 0 Å². The lowest BCUT2D eigenvalue weighted by Gasteiger charge is -2.11. The molecule has 0 radical (unpaired) electrons. The Bertz CT molecular complexity index is 81.1. The van der Waals surface area contributed by atoms with Gasteiger partial charge in [-0.05, 0) is 18.8 Å². The van der Waals surface area contributed by atoms with Crippen LogP contribution in [0.15, 0.2) is 0 Å². The average Bonchev–Trinajstić information content (AvgIpc) is 2.10. The lowest BCUT2D eigenvalue weighted by atomic mass is 9.98. The van der Waals surface area contributed by atoms with Crippen molar-refractivity contribution in [3.63, 3.8) is 0 Å². The summed E-state index contributed by atoms with van der Waals surface area (Å²) in [5.41, 5.74) is 0. The third-order valence-electron chi connectivity index (χ3n) is 2.38. The van der Waals surface area contributed by atoms with Crippen molar-refractivity contribution in [1.82, 2.24) is 0 Å². The number of rotatable bonds is 8. The van der Waals surface area contributed by atoms with Gasteiger partial charge >= 0.3 is 0 Å². The zero-order valence-electron chi connectivity index (χ0n) is 8.61. The van der Waals surface area contributed by atoms with Gasteiger partial charge in [0.15, 0.2) is 0 Å². The zero-order valence-corrected chi connectivity index (χ0v) is 10.2. The van der Waals surface area contributed by atoms with Crippen molar-refractivity contribution in [3.8, 4) is 0 Å². The summed E-state index contributed by atoms with van der Waals surface area (Å²) in [5.74, 6) is 0.937. The van der Waals surface area contributed by atoms with Crippen molar-refractivity contribution in [2.24, 2.45) is 5.92 Å². The van der Waals surface area contributed by atoms with Gasteiger partial charge in [-0.1, -0.05) is 61.9 Å². The molecule has 0 aromatic heterocycles. The lowest BCUT2D eigenvalue weighted by Crippen LogP contribution is -2.01. The predicted molar refractivity (Wildman–Crippen MR) is 61.0 cm³/mol. The van der Waals surface area contributed by atoms with E-state index in [9.17, 15) is 0 Å². The third kappa shape index (κ3) is 7.15. The number of unbranched alkanes of at least 4 members (excludes halogenated alkanes) is 3. The largest absolute Gasteiger partial charge is 0.0925 e. The molecule has 0 nitrogen and oxygen atoms in total. The highest BCUT2D eigenvalue weighted by Crippen LogP contribution is 2.17. The average molecular weight is 235 g/mol. The van der Waals surface area contributed by atoms with Crippen molar-refractivity contribution in [2.75, 3.05) is 5.33 Å². The second-order valence-corrected chi connectivity index (χ2v) is 4.31. The van der Waals surface area contributed by atoms with Crippen LogP contribution in [0.5, 0.6) is 0 Å². The van der Waals surface area contributed by atoms with E-state index in [1.54, 1.807) is 0 Å². The van der Waals surface area contributed by atoms with Crippen LogP contribution in [-0.4, -0.2) is 5.33 Å². The maximum absolute atomic E-state index is 3.59. The molecule has 0 rings (SSSR count). The minimum absolute atomic E-state index is 0.937. The second kappa shape index (κ2) is 9.57. The van der Waals surface area contributed by atoms with Gasteiger partial charge in [0.2, 0.25) is 0 Å². The van der Waals surface area contributed by atoms with Gasteiger partial charge in [0.1, 0.15) is 0 Å². The fraction of sp³-hybridized carbons (Fsp3) is 1.00. The maximum atomic E-state index is 3.59. The summed E-state index contributed by atoms with van der Waals surface area (Å²) in [6.07, 6.45) is 9.81. The van der Waals surface area contributed by atoms with Crippen molar-refractivity contribution >= 4 is 15.9 Å². The van der Waals surface area contributed by atoms with E-state index in [-0.39, 0.29) is 0 Å². The molecule has 0 aromatic rings. The summed E-state index contributed by atoms with van der Waals surface area (Å²) >= 11 is 3.59. The van der Waals surface area contributed by atoms with Gasteiger partial charge < -0.3 is 0 Å². The molecular weight excluding hydrogens is 212 g/mol. The van der Waals surface area contributed by atoms with Gasteiger partial charge in [-0.15, -0.1) is 0 Å². The van der Waals surface area contributed by atoms with Gasteiger partial charge in [-0.3, -0.25) is 0 Å². The molecule has 0 aromatic carbocycles. The Kier molecular flexibility index (Phi) is 9.95. The molecule has 1 atom stereocenters. The predicted octanol–water partition coefficient (Wildman–Crippen LogP) is 4.77. The first-order valence-corrected chi connectivity index (χ1v) is 6.53.